The molecule has 1 atom stereocenters. The Balaban J connectivity index is 2.04. The van der Waals surface area contributed by atoms with Crippen molar-refractivity contribution in [2.45, 2.75) is 38.0 Å². The third-order valence-electron chi connectivity index (χ3n) is 2.42. The summed E-state index contributed by atoms with van der Waals surface area (Å²) in [5.74, 6) is 3.81. The number of rotatable bonds is 5. The Morgan fingerprint density at radius 3 is 2.71 bits per heavy atom. The molecule has 1 heterocycles. The molecular formula is C12H24N2OS2. The second-order valence-corrected chi connectivity index (χ2v) is 7.86. The lowest BCUT2D eigenvalue weighted by Crippen LogP contribution is -2.39. The molecule has 100 valence electrons. The molecule has 0 spiro atoms. The molecule has 0 aliphatic carbocycles. The Morgan fingerprint density at radius 2 is 2.12 bits per heavy atom. The van der Waals surface area contributed by atoms with Crippen LogP contribution in [0.4, 0.5) is 0 Å². The van der Waals surface area contributed by atoms with Crippen molar-refractivity contribution in [2.24, 2.45) is 0 Å². The zero-order valence-corrected chi connectivity index (χ0v) is 12.7. The highest BCUT2D eigenvalue weighted by Crippen LogP contribution is 2.23. The number of hydrogen-bond acceptors (Lipinski definition) is 4. The molecule has 0 radical (unpaired) electrons. The second kappa shape index (κ2) is 7.54. The lowest BCUT2D eigenvalue weighted by atomic mass is 10.1. The highest BCUT2D eigenvalue weighted by molar-refractivity contribution is 8.06. The zero-order valence-electron chi connectivity index (χ0n) is 11.0. The van der Waals surface area contributed by atoms with E-state index in [0.717, 1.165) is 13.1 Å². The van der Waals surface area contributed by atoms with Crippen LogP contribution in [0, 0.1) is 0 Å². The highest BCUT2D eigenvalue weighted by Gasteiger charge is 2.15. The van der Waals surface area contributed by atoms with Gasteiger partial charge >= 0.3 is 0 Å². The molecule has 5 heteroatoms. The molecule has 2 N–H and O–H groups in total. The van der Waals surface area contributed by atoms with Crippen molar-refractivity contribution < 1.29 is 4.79 Å². The monoisotopic (exact) mass is 276 g/mol. The van der Waals surface area contributed by atoms with Crippen LogP contribution < -0.4 is 10.6 Å². The van der Waals surface area contributed by atoms with Gasteiger partial charge in [0.15, 0.2) is 0 Å². The first kappa shape index (κ1) is 15.2. The van der Waals surface area contributed by atoms with Crippen LogP contribution in [0.2, 0.25) is 0 Å². The number of carbonyl (C=O) groups is 1. The molecule has 1 aliphatic heterocycles. The number of amides is 1. The van der Waals surface area contributed by atoms with Crippen LogP contribution in [0.1, 0.15) is 27.2 Å². The van der Waals surface area contributed by atoms with E-state index in [0.29, 0.717) is 11.7 Å². The van der Waals surface area contributed by atoms with Crippen LogP contribution in [0.25, 0.3) is 0 Å². The smallest absolute Gasteiger partial charge is 0.221 e. The van der Waals surface area contributed by atoms with Crippen molar-refractivity contribution in [1.29, 1.82) is 0 Å². The summed E-state index contributed by atoms with van der Waals surface area (Å²) in [7, 11) is 0. The summed E-state index contributed by atoms with van der Waals surface area (Å²) < 4.78 is 0. The normalized spacial score (nSPS) is 21.2. The first-order valence-corrected chi connectivity index (χ1v) is 8.39. The minimum atomic E-state index is 0.0934. The van der Waals surface area contributed by atoms with Crippen LogP contribution in [-0.2, 0) is 4.79 Å². The van der Waals surface area contributed by atoms with E-state index in [-0.39, 0.29) is 11.4 Å². The molecule has 1 rings (SSSR count). The average molecular weight is 276 g/mol. The minimum Gasteiger partial charge on any atom is -0.355 e. The largest absolute Gasteiger partial charge is 0.355 e. The van der Waals surface area contributed by atoms with Gasteiger partial charge in [0.2, 0.25) is 5.91 Å². The van der Waals surface area contributed by atoms with Gasteiger partial charge in [-0.2, -0.15) is 23.5 Å². The van der Waals surface area contributed by atoms with E-state index < -0.39 is 0 Å². The molecule has 1 amide bonds. The Labute approximate surface area is 113 Å². The van der Waals surface area contributed by atoms with Crippen LogP contribution in [0.3, 0.4) is 0 Å². The Kier molecular flexibility index (Phi) is 6.74. The van der Waals surface area contributed by atoms with Gasteiger partial charge in [0.1, 0.15) is 0 Å². The first-order valence-electron chi connectivity index (χ1n) is 6.18. The van der Waals surface area contributed by atoms with E-state index >= 15 is 0 Å². The molecule has 0 aromatic rings. The van der Waals surface area contributed by atoms with Gasteiger partial charge in [-0.05, 0) is 20.8 Å². The van der Waals surface area contributed by atoms with Gasteiger partial charge < -0.3 is 10.6 Å². The van der Waals surface area contributed by atoms with Crippen molar-refractivity contribution in [3.63, 3.8) is 0 Å². The predicted octanol–water partition coefficient (Wildman–Crippen LogP) is 1.73. The molecule has 3 nitrogen and oxygen atoms in total. The standard InChI is InChI=1S/C12H24N2OS2/c1-12(2,3)14-5-4-11(15)13-8-10-9-16-6-7-17-10/h10,14H,4-9H2,1-3H3,(H,13,15). The Morgan fingerprint density at radius 1 is 1.35 bits per heavy atom. The van der Waals surface area contributed by atoms with Crippen LogP contribution >= 0.6 is 23.5 Å². The van der Waals surface area contributed by atoms with Gasteiger partial charge in [-0.1, -0.05) is 0 Å². The maximum Gasteiger partial charge on any atom is 0.221 e. The molecule has 1 aliphatic rings. The van der Waals surface area contributed by atoms with Crippen LogP contribution in [0.5, 0.6) is 0 Å². The van der Waals surface area contributed by atoms with E-state index in [2.05, 4.69) is 31.4 Å². The van der Waals surface area contributed by atoms with E-state index in [9.17, 15) is 4.79 Å². The van der Waals surface area contributed by atoms with Gasteiger partial charge in [-0.25, -0.2) is 0 Å². The maximum atomic E-state index is 11.6. The maximum absolute atomic E-state index is 11.6. The number of thioether (sulfide) groups is 2. The van der Waals surface area contributed by atoms with E-state index in [1.165, 1.54) is 17.3 Å². The first-order chi connectivity index (χ1) is 7.97. The SMILES string of the molecule is CC(C)(C)NCCC(=O)NCC1CSCCS1. The Hall–Kier alpha value is 0.130. The number of nitrogens with one attached hydrogen (secondary N) is 2. The van der Waals surface area contributed by atoms with Crippen molar-refractivity contribution in [3.05, 3.63) is 0 Å². The van der Waals surface area contributed by atoms with Gasteiger partial charge in [0, 0.05) is 47.6 Å². The molecule has 17 heavy (non-hydrogen) atoms. The lowest BCUT2D eigenvalue weighted by molar-refractivity contribution is -0.121. The van der Waals surface area contributed by atoms with Crippen LogP contribution in [-0.4, -0.2) is 47.0 Å². The Bertz CT molecular complexity index is 235. The van der Waals surface area contributed by atoms with Gasteiger partial charge in [-0.15, -0.1) is 0 Å². The third-order valence-corrected chi connectivity index (χ3v) is 5.26. The summed E-state index contributed by atoms with van der Waals surface area (Å²) in [6, 6.07) is 0. The van der Waals surface area contributed by atoms with Crippen molar-refractivity contribution in [3.8, 4) is 0 Å². The summed E-state index contributed by atoms with van der Waals surface area (Å²) in [6.45, 7) is 7.91. The fraction of sp³-hybridized carbons (Fsp3) is 0.917. The molecule has 0 aromatic heterocycles. The molecule has 0 aromatic carbocycles. The highest BCUT2D eigenvalue weighted by atomic mass is 32.2. The molecule has 0 bridgehead atoms. The van der Waals surface area contributed by atoms with Gasteiger partial charge in [0.25, 0.3) is 0 Å². The summed E-state index contributed by atoms with van der Waals surface area (Å²) in [4.78, 5) is 11.6. The van der Waals surface area contributed by atoms with Crippen molar-refractivity contribution in [1.82, 2.24) is 10.6 Å². The lowest BCUT2D eigenvalue weighted by Gasteiger charge is -2.22. The van der Waals surface area contributed by atoms with E-state index in [1.54, 1.807) is 0 Å². The van der Waals surface area contributed by atoms with Crippen molar-refractivity contribution >= 4 is 29.4 Å². The van der Waals surface area contributed by atoms with Gasteiger partial charge in [0.05, 0.1) is 0 Å². The second-order valence-electron chi connectivity index (χ2n) is 5.30. The summed E-state index contributed by atoms with van der Waals surface area (Å²) in [5.41, 5.74) is 0.0934. The molecule has 0 saturated carbocycles. The summed E-state index contributed by atoms with van der Waals surface area (Å²) >= 11 is 3.97. The number of hydrogen-bond donors (Lipinski definition) is 2. The molecule has 1 fully saturated rings. The third kappa shape index (κ3) is 7.95. The zero-order chi connectivity index (χ0) is 12.7. The van der Waals surface area contributed by atoms with Crippen LogP contribution in [0.15, 0.2) is 0 Å². The van der Waals surface area contributed by atoms with E-state index in [4.69, 9.17) is 0 Å². The fourth-order valence-electron chi connectivity index (χ4n) is 1.52. The van der Waals surface area contributed by atoms with E-state index in [1.807, 2.05) is 23.5 Å². The number of carbonyl (C=O) groups excluding carboxylic acids is 1. The summed E-state index contributed by atoms with van der Waals surface area (Å²) in [6.07, 6.45) is 0.571. The molecule has 1 unspecified atom stereocenters. The van der Waals surface area contributed by atoms with Gasteiger partial charge in [-0.3, -0.25) is 4.79 Å². The minimum absolute atomic E-state index is 0.0934. The molecular weight excluding hydrogens is 252 g/mol. The topological polar surface area (TPSA) is 41.1 Å². The summed E-state index contributed by atoms with van der Waals surface area (Å²) in [5, 5.41) is 6.95. The predicted molar refractivity (Wildman–Crippen MR) is 79.0 cm³/mol. The van der Waals surface area contributed by atoms with Crippen molar-refractivity contribution in [2.75, 3.05) is 30.3 Å². The fourth-order valence-corrected chi connectivity index (χ4v) is 4.13. The molecule has 1 saturated heterocycles. The average Bonchev–Trinajstić information content (AvgIpc) is 2.26. The quantitative estimate of drug-likeness (QED) is 0.802.